The van der Waals surface area contributed by atoms with Crippen LogP contribution < -0.4 is 9.80 Å². The summed E-state index contributed by atoms with van der Waals surface area (Å²) in [6.45, 7) is 0. The molecule has 122 valence electrons. The molecule has 0 aromatic carbocycles. The van der Waals surface area contributed by atoms with E-state index < -0.39 is 0 Å². The van der Waals surface area contributed by atoms with E-state index in [1.165, 1.54) is 0 Å². The molecular weight excluding hydrogens is 308 g/mol. The van der Waals surface area contributed by atoms with Crippen LogP contribution in [0, 0.1) is 22.7 Å². The smallest absolute Gasteiger partial charge is 0.234 e. The van der Waals surface area contributed by atoms with Gasteiger partial charge >= 0.3 is 0 Å². The minimum Gasteiger partial charge on any atom is -0.420 e. The Bertz CT molecular complexity index is 786. The molecule has 8 heteroatoms. The van der Waals surface area contributed by atoms with Gasteiger partial charge in [0.05, 0.1) is 0 Å². The van der Waals surface area contributed by atoms with Crippen LogP contribution in [0.4, 0.5) is 11.8 Å². The average molecular weight is 324 g/mol. The van der Waals surface area contributed by atoms with Crippen molar-refractivity contribution in [2.75, 3.05) is 38.0 Å². The molecule has 0 bridgehead atoms. The predicted octanol–water partition coefficient (Wildman–Crippen LogP) is 2.26. The lowest BCUT2D eigenvalue weighted by atomic mass is 10.4. The summed E-state index contributed by atoms with van der Waals surface area (Å²) in [5.41, 5.74) is 0.455. The molecule has 0 unspecified atom stereocenters. The number of aromatic nitrogens is 2. The third-order valence-electron chi connectivity index (χ3n) is 2.86. The highest BCUT2D eigenvalue weighted by Gasteiger charge is 2.13. The molecule has 2 aromatic rings. The molecule has 8 nitrogen and oxygen atoms in total. The quantitative estimate of drug-likeness (QED) is 0.771. The number of nitriles is 2. The van der Waals surface area contributed by atoms with Gasteiger partial charge in [-0.3, -0.25) is 0 Å². The van der Waals surface area contributed by atoms with Crippen LogP contribution in [0.2, 0.25) is 0 Å². The highest BCUT2D eigenvalue weighted by atomic mass is 16.4. The Labute approximate surface area is 139 Å². The van der Waals surface area contributed by atoms with E-state index in [1.54, 1.807) is 62.3 Å². The topological polar surface area (TPSA) is 106 Å². The maximum atomic E-state index is 9.01. The summed E-state index contributed by atoms with van der Waals surface area (Å²) in [6.07, 6.45) is 6.59. The SMILES string of the molecule is CN(C)c1oc(/C=C/C=C/c2nc(C#N)c(N(C)C)o2)nc1C#N. The third-order valence-corrected chi connectivity index (χ3v) is 2.86. The normalized spacial score (nSPS) is 10.9. The maximum absolute atomic E-state index is 9.01. The van der Waals surface area contributed by atoms with E-state index in [0.29, 0.717) is 23.5 Å². The largest absolute Gasteiger partial charge is 0.420 e. The predicted molar refractivity (Wildman–Crippen MR) is 89.2 cm³/mol. The van der Waals surface area contributed by atoms with E-state index in [1.807, 2.05) is 12.1 Å². The van der Waals surface area contributed by atoms with Gasteiger partial charge in [-0.25, -0.2) is 0 Å². The average Bonchev–Trinajstić information content (AvgIpc) is 3.15. The van der Waals surface area contributed by atoms with Crippen molar-refractivity contribution in [2.45, 2.75) is 0 Å². The number of anilines is 2. The molecular formula is C16H16N6O2. The lowest BCUT2D eigenvalue weighted by Gasteiger charge is -2.05. The van der Waals surface area contributed by atoms with Crippen molar-refractivity contribution in [1.82, 2.24) is 9.97 Å². The molecule has 24 heavy (non-hydrogen) atoms. The second-order valence-corrected chi connectivity index (χ2v) is 5.14. The van der Waals surface area contributed by atoms with E-state index in [2.05, 4.69) is 9.97 Å². The van der Waals surface area contributed by atoms with Crippen LogP contribution >= 0.6 is 0 Å². The lowest BCUT2D eigenvalue weighted by Crippen LogP contribution is -2.08. The highest BCUT2D eigenvalue weighted by molar-refractivity contribution is 5.55. The lowest BCUT2D eigenvalue weighted by molar-refractivity contribution is 0.544. The van der Waals surface area contributed by atoms with E-state index >= 15 is 0 Å². The van der Waals surface area contributed by atoms with Gasteiger partial charge in [0, 0.05) is 40.3 Å². The molecule has 0 fully saturated rings. The Morgan fingerprint density at radius 1 is 0.792 bits per heavy atom. The summed E-state index contributed by atoms with van der Waals surface area (Å²) in [5.74, 6) is 1.45. The number of hydrogen-bond acceptors (Lipinski definition) is 8. The minimum absolute atomic E-state index is 0.227. The summed E-state index contributed by atoms with van der Waals surface area (Å²) in [6, 6.07) is 3.96. The van der Waals surface area contributed by atoms with Gasteiger partial charge in [0.2, 0.25) is 34.9 Å². The van der Waals surface area contributed by atoms with Gasteiger partial charge in [-0.15, -0.1) is 0 Å². The molecule has 0 aliphatic carbocycles. The van der Waals surface area contributed by atoms with Gasteiger partial charge in [0.1, 0.15) is 12.1 Å². The van der Waals surface area contributed by atoms with Crippen LogP contribution in [0.25, 0.3) is 12.2 Å². The molecule has 0 saturated heterocycles. The third kappa shape index (κ3) is 3.62. The molecule has 0 N–H and O–H groups in total. The monoisotopic (exact) mass is 324 g/mol. The second-order valence-electron chi connectivity index (χ2n) is 5.14. The first kappa shape index (κ1) is 16.8. The van der Waals surface area contributed by atoms with Gasteiger partial charge in [0.15, 0.2) is 0 Å². The molecule has 0 saturated carbocycles. The Morgan fingerprint density at radius 3 is 1.42 bits per heavy atom. The van der Waals surface area contributed by atoms with Crippen LogP contribution in [0.3, 0.4) is 0 Å². The van der Waals surface area contributed by atoms with Crippen LogP contribution in [0.5, 0.6) is 0 Å². The molecule has 2 rings (SSSR count). The first-order chi connectivity index (χ1) is 11.5. The standard InChI is InChI=1S/C16H16N6O2/c1-21(2)15-11(9-17)19-13(23-15)7-5-6-8-14-20-12(10-18)16(24-14)22(3)4/h5-8H,1-4H3/b7-5+,8-6+. The van der Waals surface area contributed by atoms with Gasteiger partial charge in [-0.2, -0.15) is 20.5 Å². The molecule has 2 heterocycles. The molecule has 0 radical (unpaired) electrons. The summed E-state index contributed by atoms with van der Waals surface area (Å²) in [5, 5.41) is 18.0. The Balaban J connectivity index is 2.14. The zero-order valence-corrected chi connectivity index (χ0v) is 13.8. The van der Waals surface area contributed by atoms with Gasteiger partial charge in [0.25, 0.3) is 0 Å². The van der Waals surface area contributed by atoms with Crippen LogP contribution in [0.15, 0.2) is 21.0 Å². The summed E-state index contributed by atoms with van der Waals surface area (Å²) in [4.78, 5) is 11.5. The first-order valence-corrected chi connectivity index (χ1v) is 6.97. The van der Waals surface area contributed by atoms with Crippen molar-refractivity contribution < 1.29 is 8.83 Å². The van der Waals surface area contributed by atoms with Crippen molar-refractivity contribution in [3.05, 3.63) is 35.3 Å². The maximum Gasteiger partial charge on any atom is 0.234 e. The Hall–Kier alpha value is -3.52. The summed E-state index contributed by atoms with van der Waals surface area (Å²) < 4.78 is 10.9. The van der Waals surface area contributed by atoms with E-state index in [4.69, 9.17) is 19.4 Å². The number of allylic oxidation sites excluding steroid dienone is 2. The number of rotatable bonds is 5. The zero-order chi connectivity index (χ0) is 17.7. The molecule has 0 spiro atoms. The van der Waals surface area contributed by atoms with Crippen molar-refractivity contribution >= 4 is 23.9 Å². The molecule has 0 amide bonds. The Morgan fingerprint density at radius 2 is 1.17 bits per heavy atom. The fraction of sp³-hybridized carbons (Fsp3) is 0.250. The number of nitrogens with zero attached hydrogens (tertiary/aromatic N) is 6. The number of hydrogen-bond donors (Lipinski definition) is 0. The fourth-order valence-corrected chi connectivity index (χ4v) is 1.83. The van der Waals surface area contributed by atoms with Crippen molar-refractivity contribution in [3.63, 3.8) is 0 Å². The highest BCUT2D eigenvalue weighted by Crippen LogP contribution is 2.21. The molecule has 2 aromatic heterocycles. The van der Waals surface area contributed by atoms with Gasteiger partial charge < -0.3 is 18.6 Å². The van der Waals surface area contributed by atoms with Crippen molar-refractivity contribution in [2.24, 2.45) is 0 Å². The fourth-order valence-electron chi connectivity index (χ4n) is 1.83. The summed E-state index contributed by atoms with van der Waals surface area (Å²) in [7, 11) is 7.08. The van der Waals surface area contributed by atoms with Crippen LogP contribution in [-0.2, 0) is 0 Å². The summed E-state index contributed by atoms with van der Waals surface area (Å²) >= 11 is 0. The molecule has 0 aliphatic rings. The van der Waals surface area contributed by atoms with E-state index in [0.717, 1.165) is 0 Å². The Kier molecular flexibility index (Phi) is 5.03. The molecule has 0 atom stereocenters. The van der Waals surface area contributed by atoms with E-state index in [-0.39, 0.29) is 11.4 Å². The van der Waals surface area contributed by atoms with Gasteiger partial charge in [-0.1, -0.05) is 12.2 Å². The van der Waals surface area contributed by atoms with Crippen LogP contribution in [-0.4, -0.2) is 38.2 Å². The zero-order valence-electron chi connectivity index (χ0n) is 13.8. The minimum atomic E-state index is 0.227. The van der Waals surface area contributed by atoms with Crippen LogP contribution in [0.1, 0.15) is 23.2 Å². The number of oxazole rings is 2. The second kappa shape index (κ2) is 7.16. The molecule has 0 aliphatic heterocycles. The van der Waals surface area contributed by atoms with E-state index in [9.17, 15) is 0 Å². The van der Waals surface area contributed by atoms with Gasteiger partial charge in [-0.05, 0) is 0 Å². The van der Waals surface area contributed by atoms with Crippen molar-refractivity contribution in [1.29, 1.82) is 10.5 Å². The first-order valence-electron chi connectivity index (χ1n) is 6.97. The van der Waals surface area contributed by atoms with Crippen molar-refractivity contribution in [3.8, 4) is 12.1 Å².